The van der Waals surface area contributed by atoms with E-state index in [2.05, 4.69) is 15.4 Å². The lowest BCUT2D eigenvalue weighted by atomic mass is 10.1. The Hall–Kier alpha value is -2.37. The van der Waals surface area contributed by atoms with Crippen LogP contribution in [0.15, 0.2) is 30.6 Å². The van der Waals surface area contributed by atoms with Crippen molar-refractivity contribution in [3.8, 4) is 5.75 Å². The van der Waals surface area contributed by atoms with Crippen molar-refractivity contribution in [1.82, 2.24) is 14.8 Å². The van der Waals surface area contributed by atoms with Gasteiger partial charge >= 0.3 is 0 Å². The van der Waals surface area contributed by atoms with E-state index in [4.69, 9.17) is 4.74 Å². The maximum atomic E-state index is 11.9. The van der Waals surface area contributed by atoms with Gasteiger partial charge in [0, 0.05) is 12.6 Å². The Balaban J connectivity index is 2.05. The molecular formula is C12H14N4O2. The fourth-order valence-electron chi connectivity index (χ4n) is 1.60. The van der Waals surface area contributed by atoms with Crippen molar-refractivity contribution in [3.05, 3.63) is 36.2 Å². The number of carbonyl (C=O) groups is 1. The summed E-state index contributed by atoms with van der Waals surface area (Å²) in [5.41, 5.74) is 0.833. The number of nitrogens with one attached hydrogen (secondary N) is 1. The van der Waals surface area contributed by atoms with E-state index in [-0.39, 0.29) is 12.3 Å². The molecule has 0 bridgehead atoms. The molecule has 1 N–H and O–H groups in total. The fraction of sp³-hybridized carbons (Fsp3) is 0.250. The van der Waals surface area contributed by atoms with Gasteiger partial charge in [0.05, 0.1) is 13.5 Å². The molecule has 1 aromatic carbocycles. The third-order valence-electron chi connectivity index (χ3n) is 2.51. The number of nitrogens with zero attached hydrogens (tertiary/aromatic N) is 3. The van der Waals surface area contributed by atoms with Gasteiger partial charge in [-0.2, -0.15) is 10.1 Å². The maximum Gasteiger partial charge on any atom is 0.231 e. The van der Waals surface area contributed by atoms with E-state index < -0.39 is 0 Å². The fourth-order valence-corrected chi connectivity index (χ4v) is 1.60. The number of rotatable bonds is 4. The van der Waals surface area contributed by atoms with Crippen LogP contribution < -0.4 is 10.1 Å². The first kappa shape index (κ1) is 12.1. The summed E-state index contributed by atoms with van der Waals surface area (Å²) in [6, 6.07) is 7.41. The molecule has 1 aromatic heterocycles. The van der Waals surface area contributed by atoms with Crippen LogP contribution in [0.1, 0.15) is 5.56 Å². The Kier molecular flexibility index (Phi) is 3.57. The molecule has 2 aromatic rings. The number of benzene rings is 1. The predicted molar refractivity (Wildman–Crippen MR) is 66.3 cm³/mol. The number of aryl methyl sites for hydroxylation is 1. The summed E-state index contributed by atoms with van der Waals surface area (Å²) in [6.07, 6.45) is 1.62. The molecule has 1 heterocycles. The third kappa shape index (κ3) is 2.65. The molecule has 0 spiro atoms. The highest BCUT2D eigenvalue weighted by molar-refractivity contribution is 5.91. The van der Waals surface area contributed by atoms with E-state index in [1.807, 2.05) is 24.3 Å². The standard InChI is InChI=1S/C12H14N4O2/c1-16-12(13-8-14-16)15-11(17)7-9-5-3-4-6-10(9)18-2/h3-6,8H,7H2,1-2H3,(H,13,14,15,17). The normalized spacial score (nSPS) is 10.1. The Bertz CT molecular complexity index is 551. The molecule has 0 saturated carbocycles. The van der Waals surface area contributed by atoms with Crippen LogP contribution in [0.3, 0.4) is 0 Å². The zero-order valence-electron chi connectivity index (χ0n) is 10.3. The lowest BCUT2D eigenvalue weighted by Gasteiger charge is -2.08. The first-order chi connectivity index (χ1) is 8.70. The molecule has 6 heteroatoms. The van der Waals surface area contributed by atoms with Crippen LogP contribution >= 0.6 is 0 Å². The van der Waals surface area contributed by atoms with E-state index in [9.17, 15) is 4.79 Å². The van der Waals surface area contributed by atoms with Crippen molar-refractivity contribution in [3.63, 3.8) is 0 Å². The molecule has 0 fully saturated rings. The highest BCUT2D eigenvalue weighted by Crippen LogP contribution is 2.18. The van der Waals surface area contributed by atoms with E-state index in [0.717, 1.165) is 5.56 Å². The first-order valence-electron chi connectivity index (χ1n) is 5.46. The Morgan fingerprint density at radius 3 is 2.89 bits per heavy atom. The van der Waals surface area contributed by atoms with Gasteiger partial charge in [-0.3, -0.25) is 10.1 Å². The number of amides is 1. The number of anilines is 1. The van der Waals surface area contributed by atoms with Gasteiger partial charge in [0.1, 0.15) is 12.1 Å². The van der Waals surface area contributed by atoms with Crippen molar-refractivity contribution in [2.24, 2.45) is 7.05 Å². The van der Waals surface area contributed by atoms with E-state index in [0.29, 0.717) is 11.7 Å². The van der Waals surface area contributed by atoms with Crippen LogP contribution in [0.5, 0.6) is 5.75 Å². The van der Waals surface area contributed by atoms with Crippen molar-refractivity contribution in [1.29, 1.82) is 0 Å². The number of para-hydroxylation sites is 1. The molecule has 0 unspecified atom stereocenters. The van der Waals surface area contributed by atoms with Crippen LogP contribution in [-0.4, -0.2) is 27.8 Å². The number of hydrogen-bond acceptors (Lipinski definition) is 4. The minimum absolute atomic E-state index is 0.157. The van der Waals surface area contributed by atoms with E-state index in [1.165, 1.54) is 11.0 Å². The van der Waals surface area contributed by atoms with Crippen LogP contribution in [0.4, 0.5) is 5.95 Å². The lowest BCUT2D eigenvalue weighted by Crippen LogP contribution is -2.17. The van der Waals surface area contributed by atoms with Crippen molar-refractivity contribution < 1.29 is 9.53 Å². The minimum Gasteiger partial charge on any atom is -0.496 e. The van der Waals surface area contributed by atoms with Gasteiger partial charge in [-0.15, -0.1) is 0 Å². The molecular weight excluding hydrogens is 232 g/mol. The molecule has 0 atom stereocenters. The van der Waals surface area contributed by atoms with Gasteiger partial charge in [0.15, 0.2) is 0 Å². The Morgan fingerprint density at radius 2 is 2.22 bits per heavy atom. The largest absolute Gasteiger partial charge is 0.496 e. The SMILES string of the molecule is COc1ccccc1CC(=O)Nc1ncnn1C. The quantitative estimate of drug-likeness (QED) is 0.874. The van der Waals surface area contributed by atoms with Gasteiger partial charge in [0.2, 0.25) is 11.9 Å². The number of methoxy groups -OCH3 is 1. The second-order valence-corrected chi connectivity index (χ2v) is 3.74. The first-order valence-corrected chi connectivity index (χ1v) is 5.46. The van der Waals surface area contributed by atoms with Crippen molar-refractivity contribution >= 4 is 11.9 Å². The average molecular weight is 246 g/mol. The zero-order valence-corrected chi connectivity index (χ0v) is 10.3. The molecule has 0 aliphatic rings. The Labute approximate surface area is 105 Å². The summed E-state index contributed by atoms with van der Waals surface area (Å²) in [4.78, 5) is 15.8. The van der Waals surface area contributed by atoms with Crippen LogP contribution in [0.25, 0.3) is 0 Å². The molecule has 94 valence electrons. The smallest absolute Gasteiger partial charge is 0.231 e. The van der Waals surface area contributed by atoms with Gasteiger partial charge < -0.3 is 4.74 Å². The highest BCUT2D eigenvalue weighted by Gasteiger charge is 2.10. The summed E-state index contributed by atoms with van der Waals surface area (Å²) in [6.45, 7) is 0. The van der Waals surface area contributed by atoms with Crippen LogP contribution in [0.2, 0.25) is 0 Å². The lowest BCUT2D eigenvalue weighted by molar-refractivity contribution is -0.115. The number of aromatic nitrogens is 3. The molecule has 0 saturated heterocycles. The number of hydrogen-bond donors (Lipinski definition) is 1. The van der Waals surface area contributed by atoms with Crippen LogP contribution in [0, 0.1) is 0 Å². The summed E-state index contributed by atoms with van der Waals surface area (Å²) in [5.74, 6) is 0.969. The van der Waals surface area contributed by atoms with Crippen molar-refractivity contribution in [2.45, 2.75) is 6.42 Å². The monoisotopic (exact) mass is 246 g/mol. The Morgan fingerprint density at radius 1 is 1.44 bits per heavy atom. The maximum absolute atomic E-state index is 11.9. The predicted octanol–water partition coefficient (Wildman–Crippen LogP) is 1.00. The molecule has 0 aliphatic carbocycles. The zero-order chi connectivity index (χ0) is 13.0. The van der Waals surface area contributed by atoms with Crippen LogP contribution in [-0.2, 0) is 18.3 Å². The average Bonchev–Trinajstić information content (AvgIpc) is 2.75. The van der Waals surface area contributed by atoms with Gasteiger partial charge in [-0.25, -0.2) is 4.68 Å². The second-order valence-electron chi connectivity index (χ2n) is 3.74. The molecule has 0 aliphatic heterocycles. The summed E-state index contributed by atoms with van der Waals surface area (Å²) in [7, 11) is 3.30. The minimum atomic E-state index is -0.157. The van der Waals surface area contributed by atoms with Gasteiger partial charge in [0.25, 0.3) is 0 Å². The molecule has 18 heavy (non-hydrogen) atoms. The molecule has 2 rings (SSSR count). The number of ether oxygens (including phenoxy) is 1. The molecule has 1 amide bonds. The summed E-state index contributed by atoms with van der Waals surface area (Å²) >= 11 is 0. The third-order valence-corrected chi connectivity index (χ3v) is 2.51. The summed E-state index contributed by atoms with van der Waals surface area (Å²) in [5, 5.41) is 6.56. The summed E-state index contributed by atoms with van der Waals surface area (Å²) < 4.78 is 6.69. The van der Waals surface area contributed by atoms with Crippen molar-refractivity contribution in [2.75, 3.05) is 12.4 Å². The second kappa shape index (κ2) is 5.31. The molecule has 6 nitrogen and oxygen atoms in total. The highest BCUT2D eigenvalue weighted by atomic mass is 16.5. The van der Waals surface area contributed by atoms with E-state index >= 15 is 0 Å². The van der Waals surface area contributed by atoms with Gasteiger partial charge in [-0.1, -0.05) is 18.2 Å². The molecule has 0 radical (unpaired) electrons. The topological polar surface area (TPSA) is 69.0 Å². The number of carbonyl (C=O) groups excluding carboxylic acids is 1. The van der Waals surface area contributed by atoms with Gasteiger partial charge in [-0.05, 0) is 6.07 Å². The van der Waals surface area contributed by atoms with E-state index in [1.54, 1.807) is 14.2 Å².